The fourth-order valence-electron chi connectivity index (χ4n) is 4.50. The zero-order valence-electron chi connectivity index (χ0n) is 19.0. The Morgan fingerprint density at radius 3 is 1.39 bits per heavy atom. The van der Waals surface area contributed by atoms with Gasteiger partial charge in [0.25, 0.3) is 0 Å². The molecule has 2 aliphatic carbocycles. The fraction of sp³-hybridized carbons (Fsp3) is 0.231. The SMILES string of the molecule is C[Si](C)(Nc1ccccc1)C1=[C]([Zr][C]2=C([Si](C)(C)Nc3ccccc3)C=CC2)CC=C1. The number of nitrogens with one attached hydrogen (secondary N) is 2. The molecule has 0 saturated carbocycles. The summed E-state index contributed by atoms with van der Waals surface area (Å²) < 4.78 is 3.56. The third-order valence-corrected chi connectivity index (χ3v) is 16.5. The van der Waals surface area contributed by atoms with Crippen molar-refractivity contribution in [2.45, 2.75) is 39.0 Å². The summed E-state index contributed by atoms with van der Waals surface area (Å²) in [4.78, 5) is 7.82. The second-order valence-electron chi connectivity index (χ2n) is 9.35. The average Bonchev–Trinajstić information content (AvgIpc) is 3.40. The predicted molar refractivity (Wildman–Crippen MR) is 137 cm³/mol. The molecular weight excluding hydrogens is 488 g/mol. The van der Waals surface area contributed by atoms with Gasteiger partial charge in [0.15, 0.2) is 0 Å². The summed E-state index contributed by atoms with van der Waals surface area (Å²) in [6.45, 7) is 9.84. The van der Waals surface area contributed by atoms with Gasteiger partial charge in [-0.3, -0.25) is 0 Å². The van der Waals surface area contributed by atoms with Crippen LogP contribution in [0.25, 0.3) is 0 Å². The maximum absolute atomic E-state index is 3.91. The van der Waals surface area contributed by atoms with Crippen LogP contribution in [0.4, 0.5) is 11.4 Å². The summed E-state index contributed by atoms with van der Waals surface area (Å²) in [7, 11) is -3.47. The maximum atomic E-state index is 3.91. The Morgan fingerprint density at radius 1 is 0.613 bits per heavy atom. The first-order valence-electron chi connectivity index (χ1n) is 11.1. The van der Waals surface area contributed by atoms with Crippen LogP contribution in [0, 0.1) is 0 Å². The van der Waals surface area contributed by atoms with Crippen LogP contribution in [0.3, 0.4) is 0 Å². The number of anilines is 2. The van der Waals surface area contributed by atoms with Crippen molar-refractivity contribution in [2.24, 2.45) is 0 Å². The van der Waals surface area contributed by atoms with E-state index in [1.807, 2.05) is 0 Å². The third-order valence-electron chi connectivity index (χ3n) is 5.97. The van der Waals surface area contributed by atoms with E-state index in [1.54, 1.807) is 17.0 Å². The predicted octanol–water partition coefficient (Wildman–Crippen LogP) is 7.21. The molecule has 2 nitrogen and oxygen atoms in total. The zero-order valence-corrected chi connectivity index (χ0v) is 23.5. The number of benzene rings is 2. The van der Waals surface area contributed by atoms with Gasteiger partial charge in [0.05, 0.1) is 0 Å². The molecule has 2 aliphatic rings. The van der Waals surface area contributed by atoms with Crippen LogP contribution in [0.5, 0.6) is 0 Å². The molecule has 0 fully saturated rings. The van der Waals surface area contributed by atoms with Crippen LogP contribution in [-0.4, -0.2) is 16.5 Å². The molecule has 0 aliphatic heterocycles. The van der Waals surface area contributed by atoms with Gasteiger partial charge in [-0.25, -0.2) is 0 Å². The van der Waals surface area contributed by atoms with E-state index >= 15 is 0 Å². The van der Waals surface area contributed by atoms with E-state index in [2.05, 4.69) is 121 Å². The van der Waals surface area contributed by atoms with Gasteiger partial charge >= 0.3 is 202 Å². The summed E-state index contributed by atoms with van der Waals surface area (Å²) in [5, 5.41) is 3.30. The molecule has 2 N–H and O–H groups in total. The van der Waals surface area contributed by atoms with Gasteiger partial charge in [-0.2, -0.15) is 0 Å². The molecule has 0 heterocycles. The van der Waals surface area contributed by atoms with E-state index in [-0.39, 0.29) is 0 Å². The van der Waals surface area contributed by atoms with Gasteiger partial charge in [-0.15, -0.1) is 0 Å². The molecule has 2 aromatic carbocycles. The molecule has 0 bridgehead atoms. The molecular formula is C26H32N2Si2Zr. The quantitative estimate of drug-likeness (QED) is 0.360. The fourth-order valence-corrected chi connectivity index (χ4v) is 17.7. The summed E-state index contributed by atoms with van der Waals surface area (Å²) in [5.74, 6) is 0. The third kappa shape index (κ3) is 5.39. The number of hydrogen-bond donors (Lipinski definition) is 2. The topological polar surface area (TPSA) is 24.1 Å². The van der Waals surface area contributed by atoms with Crippen molar-refractivity contribution in [1.82, 2.24) is 0 Å². The van der Waals surface area contributed by atoms with E-state index in [1.165, 1.54) is 24.2 Å². The van der Waals surface area contributed by atoms with E-state index in [4.69, 9.17) is 0 Å². The van der Waals surface area contributed by atoms with Gasteiger partial charge in [-0.1, -0.05) is 0 Å². The monoisotopic (exact) mass is 518 g/mol. The zero-order chi connectivity index (χ0) is 21.9. The molecule has 0 saturated heterocycles. The van der Waals surface area contributed by atoms with Crippen molar-refractivity contribution < 1.29 is 23.2 Å². The van der Waals surface area contributed by atoms with Crippen LogP contribution in [0.15, 0.2) is 102 Å². The van der Waals surface area contributed by atoms with E-state index in [0.29, 0.717) is 0 Å². The number of allylic oxidation sites excluding steroid dienone is 8. The first-order valence-corrected chi connectivity index (χ1v) is 19.5. The molecule has 0 aromatic heterocycles. The van der Waals surface area contributed by atoms with Crippen LogP contribution < -0.4 is 9.96 Å². The number of para-hydroxylation sites is 2. The van der Waals surface area contributed by atoms with Gasteiger partial charge in [0.1, 0.15) is 0 Å². The Labute approximate surface area is 201 Å². The second-order valence-corrected chi connectivity index (χ2v) is 21.0. The average molecular weight is 520 g/mol. The van der Waals surface area contributed by atoms with E-state index in [9.17, 15) is 0 Å². The first-order chi connectivity index (χ1) is 14.9. The summed E-state index contributed by atoms with van der Waals surface area (Å²) in [5.41, 5.74) is 2.50. The first kappa shape index (κ1) is 22.5. The molecule has 0 spiro atoms. The summed E-state index contributed by atoms with van der Waals surface area (Å²) >= 11 is -0.791. The normalized spacial score (nSPS) is 16.3. The second kappa shape index (κ2) is 9.44. The Bertz CT molecular complexity index is 966. The van der Waals surface area contributed by atoms with Crippen molar-refractivity contribution in [3.63, 3.8) is 0 Å². The molecule has 0 radical (unpaired) electrons. The minimum absolute atomic E-state index is 0.791. The standard InChI is InChI=1S/2C13H16NSi.Zr/c2*1-15(2,13-10-6-7-11-13)14-12-8-4-3-5-9-12;/h2*3-6,8-10,14H,7H2,1-2H3;. The van der Waals surface area contributed by atoms with Crippen molar-refractivity contribution in [3.05, 3.63) is 102 Å². The van der Waals surface area contributed by atoms with Crippen LogP contribution in [-0.2, 0) is 23.2 Å². The number of rotatable bonds is 8. The Balaban J connectivity index is 1.57. The Hall–Kier alpha value is -1.68. The Kier molecular flexibility index (Phi) is 6.85. The van der Waals surface area contributed by atoms with E-state index in [0.717, 1.165) is 0 Å². The summed E-state index contributed by atoms with van der Waals surface area (Å²) in [6, 6.07) is 21.4. The van der Waals surface area contributed by atoms with Gasteiger partial charge in [-0.05, 0) is 0 Å². The van der Waals surface area contributed by atoms with Crippen molar-refractivity contribution in [1.29, 1.82) is 0 Å². The van der Waals surface area contributed by atoms with Crippen molar-refractivity contribution in [2.75, 3.05) is 9.96 Å². The van der Waals surface area contributed by atoms with Crippen LogP contribution in [0.1, 0.15) is 12.8 Å². The Morgan fingerprint density at radius 2 is 1.00 bits per heavy atom. The molecule has 5 heteroatoms. The molecule has 0 atom stereocenters. The van der Waals surface area contributed by atoms with Crippen molar-refractivity contribution >= 4 is 27.8 Å². The summed E-state index contributed by atoms with van der Waals surface area (Å²) in [6.07, 6.45) is 12.0. The van der Waals surface area contributed by atoms with Gasteiger partial charge < -0.3 is 0 Å². The van der Waals surface area contributed by atoms with E-state index < -0.39 is 39.7 Å². The molecule has 158 valence electrons. The molecule has 0 amide bonds. The van der Waals surface area contributed by atoms with Gasteiger partial charge in [0, 0.05) is 0 Å². The molecule has 0 unspecified atom stereocenters. The molecule has 2 aromatic rings. The molecule has 31 heavy (non-hydrogen) atoms. The minimum atomic E-state index is -1.74. The van der Waals surface area contributed by atoms with Crippen LogP contribution in [0.2, 0.25) is 26.2 Å². The van der Waals surface area contributed by atoms with Crippen LogP contribution >= 0.6 is 0 Å². The van der Waals surface area contributed by atoms with Crippen molar-refractivity contribution in [3.8, 4) is 0 Å². The molecule has 4 rings (SSSR count). The number of hydrogen-bond acceptors (Lipinski definition) is 2. The van der Waals surface area contributed by atoms with Gasteiger partial charge in [0.2, 0.25) is 0 Å².